The molecule has 0 unspecified atom stereocenters. The number of carbonyl (C=O) groups excluding carboxylic acids is 1. The van der Waals surface area contributed by atoms with Crippen molar-refractivity contribution >= 4 is 18.3 Å². The molecule has 1 amide bonds. The second-order valence-electron chi connectivity index (χ2n) is 6.04. The summed E-state index contributed by atoms with van der Waals surface area (Å²) < 4.78 is 10.8. The van der Waals surface area contributed by atoms with Crippen LogP contribution in [0.3, 0.4) is 0 Å². The summed E-state index contributed by atoms with van der Waals surface area (Å²) in [6, 6.07) is 6.26. The number of amides is 1. The van der Waals surface area contributed by atoms with Crippen molar-refractivity contribution in [3.05, 3.63) is 23.8 Å². The van der Waals surface area contributed by atoms with E-state index in [-0.39, 0.29) is 25.1 Å². The molecule has 1 aliphatic heterocycles. The first-order chi connectivity index (χ1) is 10.8. The van der Waals surface area contributed by atoms with E-state index < -0.39 is 0 Å². The van der Waals surface area contributed by atoms with Gasteiger partial charge in [-0.3, -0.25) is 4.79 Å². The van der Waals surface area contributed by atoms with Gasteiger partial charge in [0, 0.05) is 25.6 Å². The third-order valence-electron chi connectivity index (χ3n) is 4.48. The first-order valence-corrected chi connectivity index (χ1v) is 8.16. The van der Waals surface area contributed by atoms with Crippen molar-refractivity contribution in [3.8, 4) is 11.5 Å². The number of nitrogens with two attached hydrogens (primary N) is 1. The van der Waals surface area contributed by atoms with Crippen LogP contribution in [0.15, 0.2) is 18.2 Å². The zero-order valence-electron chi connectivity index (χ0n) is 13.3. The van der Waals surface area contributed by atoms with E-state index in [9.17, 15) is 4.79 Å². The molecule has 1 heterocycles. The summed E-state index contributed by atoms with van der Waals surface area (Å²) in [6.45, 7) is 1.31. The molecule has 1 aromatic carbocycles. The number of ether oxygens (including phenoxy) is 2. The van der Waals surface area contributed by atoms with Crippen LogP contribution in [-0.2, 0) is 11.3 Å². The van der Waals surface area contributed by atoms with Crippen LogP contribution in [0.4, 0.5) is 0 Å². The van der Waals surface area contributed by atoms with Crippen molar-refractivity contribution in [1.82, 2.24) is 4.90 Å². The molecule has 23 heavy (non-hydrogen) atoms. The summed E-state index contributed by atoms with van der Waals surface area (Å²) >= 11 is 0. The Balaban J connectivity index is 0.00000192. The second-order valence-corrected chi connectivity index (χ2v) is 6.04. The van der Waals surface area contributed by atoms with Gasteiger partial charge in [0.25, 0.3) is 0 Å². The molecule has 1 aromatic rings. The fourth-order valence-corrected chi connectivity index (χ4v) is 3.32. The van der Waals surface area contributed by atoms with Crippen LogP contribution in [-0.4, -0.2) is 30.2 Å². The van der Waals surface area contributed by atoms with Gasteiger partial charge in [-0.05, 0) is 30.5 Å². The van der Waals surface area contributed by atoms with E-state index in [2.05, 4.69) is 0 Å². The SMILES string of the molecule is Cl.NCCC(=O)N(Cc1ccc2c(c1)OCO2)C1CCCCC1. The molecule has 0 aromatic heterocycles. The quantitative estimate of drug-likeness (QED) is 0.895. The van der Waals surface area contributed by atoms with Crippen molar-refractivity contribution in [3.63, 3.8) is 0 Å². The monoisotopic (exact) mass is 340 g/mol. The van der Waals surface area contributed by atoms with Crippen LogP contribution in [0, 0.1) is 0 Å². The molecule has 3 rings (SSSR count). The molecule has 1 fully saturated rings. The summed E-state index contributed by atoms with van der Waals surface area (Å²) in [5, 5.41) is 0. The normalized spacial score (nSPS) is 16.7. The Kier molecular flexibility index (Phi) is 6.54. The van der Waals surface area contributed by atoms with Crippen LogP contribution >= 0.6 is 12.4 Å². The summed E-state index contributed by atoms with van der Waals surface area (Å²) in [6.07, 6.45) is 6.30. The highest BCUT2D eigenvalue weighted by atomic mass is 35.5. The van der Waals surface area contributed by atoms with Crippen LogP contribution in [0.1, 0.15) is 44.1 Å². The fourth-order valence-electron chi connectivity index (χ4n) is 3.32. The number of hydrogen-bond acceptors (Lipinski definition) is 4. The molecule has 0 saturated heterocycles. The van der Waals surface area contributed by atoms with Crippen molar-refractivity contribution in [2.45, 2.75) is 51.1 Å². The van der Waals surface area contributed by atoms with E-state index in [1.54, 1.807) is 0 Å². The fraction of sp³-hybridized carbons (Fsp3) is 0.588. The van der Waals surface area contributed by atoms with Gasteiger partial charge in [0.05, 0.1) is 0 Å². The van der Waals surface area contributed by atoms with E-state index in [0.29, 0.717) is 25.6 Å². The van der Waals surface area contributed by atoms with Crippen LogP contribution in [0.25, 0.3) is 0 Å². The van der Waals surface area contributed by atoms with Gasteiger partial charge < -0.3 is 20.1 Å². The summed E-state index contributed by atoms with van der Waals surface area (Å²) in [5.41, 5.74) is 6.66. The maximum absolute atomic E-state index is 12.5. The maximum atomic E-state index is 12.5. The maximum Gasteiger partial charge on any atom is 0.231 e. The average molecular weight is 341 g/mol. The Bertz CT molecular complexity index is 533. The Labute approximate surface area is 143 Å². The second kappa shape index (κ2) is 8.41. The molecule has 1 saturated carbocycles. The molecule has 5 nitrogen and oxygen atoms in total. The highest BCUT2D eigenvalue weighted by Gasteiger charge is 2.25. The molecule has 6 heteroatoms. The highest BCUT2D eigenvalue weighted by Crippen LogP contribution is 2.33. The van der Waals surface area contributed by atoms with Crippen LogP contribution in [0.5, 0.6) is 11.5 Å². The molecule has 1 aliphatic carbocycles. The number of carbonyl (C=O) groups is 1. The highest BCUT2D eigenvalue weighted by molar-refractivity contribution is 5.85. The first-order valence-electron chi connectivity index (χ1n) is 8.16. The van der Waals surface area contributed by atoms with E-state index in [1.165, 1.54) is 19.3 Å². The van der Waals surface area contributed by atoms with Crippen molar-refractivity contribution in [2.24, 2.45) is 5.73 Å². The Morgan fingerprint density at radius 2 is 1.91 bits per heavy atom. The molecule has 0 spiro atoms. The van der Waals surface area contributed by atoms with E-state index in [0.717, 1.165) is 29.9 Å². The average Bonchev–Trinajstić information content (AvgIpc) is 3.01. The summed E-state index contributed by atoms with van der Waals surface area (Å²) in [4.78, 5) is 14.5. The third kappa shape index (κ3) is 4.30. The molecule has 0 radical (unpaired) electrons. The van der Waals surface area contributed by atoms with Gasteiger partial charge in [-0.15, -0.1) is 12.4 Å². The predicted octanol–water partition coefficient (Wildman–Crippen LogP) is 2.85. The van der Waals surface area contributed by atoms with Gasteiger partial charge in [0.2, 0.25) is 12.7 Å². The Hall–Kier alpha value is -1.46. The van der Waals surface area contributed by atoms with E-state index >= 15 is 0 Å². The van der Waals surface area contributed by atoms with Gasteiger partial charge in [0.1, 0.15) is 0 Å². The number of rotatable bonds is 5. The summed E-state index contributed by atoms with van der Waals surface area (Å²) in [5.74, 6) is 1.71. The van der Waals surface area contributed by atoms with Gasteiger partial charge >= 0.3 is 0 Å². The minimum absolute atomic E-state index is 0. The number of benzene rings is 1. The Morgan fingerprint density at radius 1 is 1.17 bits per heavy atom. The topological polar surface area (TPSA) is 64.8 Å². The zero-order chi connectivity index (χ0) is 15.4. The standard InChI is InChI=1S/C17H24N2O3.ClH/c18-9-8-17(20)19(14-4-2-1-3-5-14)11-13-6-7-15-16(10-13)22-12-21-15;/h6-7,10,14H,1-5,8-9,11-12,18H2;1H. The van der Waals surface area contributed by atoms with Crippen molar-refractivity contribution in [1.29, 1.82) is 0 Å². The molecule has 2 aliphatic rings. The van der Waals surface area contributed by atoms with Crippen LogP contribution in [0.2, 0.25) is 0 Å². The zero-order valence-corrected chi connectivity index (χ0v) is 14.1. The third-order valence-corrected chi connectivity index (χ3v) is 4.48. The predicted molar refractivity (Wildman–Crippen MR) is 90.9 cm³/mol. The van der Waals surface area contributed by atoms with Crippen molar-refractivity contribution < 1.29 is 14.3 Å². The molecular weight excluding hydrogens is 316 g/mol. The molecule has 128 valence electrons. The van der Waals surface area contributed by atoms with E-state index in [1.807, 2.05) is 23.1 Å². The molecule has 0 bridgehead atoms. The number of halogens is 1. The van der Waals surface area contributed by atoms with Crippen LogP contribution < -0.4 is 15.2 Å². The number of nitrogens with zero attached hydrogens (tertiary/aromatic N) is 1. The first kappa shape index (κ1) is 17.9. The van der Waals surface area contributed by atoms with Gasteiger partial charge in [-0.1, -0.05) is 25.3 Å². The largest absolute Gasteiger partial charge is 0.454 e. The van der Waals surface area contributed by atoms with Gasteiger partial charge in [-0.2, -0.15) is 0 Å². The van der Waals surface area contributed by atoms with Gasteiger partial charge in [-0.25, -0.2) is 0 Å². The minimum atomic E-state index is 0. The lowest BCUT2D eigenvalue weighted by Gasteiger charge is -2.34. The minimum Gasteiger partial charge on any atom is -0.454 e. The smallest absolute Gasteiger partial charge is 0.231 e. The Morgan fingerprint density at radius 3 is 2.65 bits per heavy atom. The lowest BCUT2D eigenvalue weighted by atomic mass is 9.93. The number of fused-ring (bicyclic) bond motifs is 1. The number of hydrogen-bond donors (Lipinski definition) is 1. The lowest BCUT2D eigenvalue weighted by Crippen LogP contribution is -2.41. The summed E-state index contributed by atoms with van der Waals surface area (Å²) in [7, 11) is 0. The molecule has 2 N–H and O–H groups in total. The molecular formula is C17H25ClN2O3. The van der Waals surface area contributed by atoms with Gasteiger partial charge in [0.15, 0.2) is 11.5 Å². The lowest BCUT2D eigenvalue weighted by molar-refractivity contribution is -0.134. The molecule has 0 atom stereocenters. The van der Waals surface area contributed by atoms with Crippen molar-refractivity contribution in [2.75, 3.05) is 13.3 Å². The van der Waals surface area contributed by atoms with E-state index in [4.69, 9.17) is 15.2 Å².